The van der Waals surface area contributed by atoms with Crippen molar-refractivity contribution >= 4 is 38.8 Å². The van der Waals surface area contributed by atoms with Crippen LogP contribution in [0.25, 0.3) is 55.3 Å². The van der Waals surface area contributed by atoms with Gasteiger partial charge in [0.15, 0.2) is 0 Å². The van der Waals surface area contributed by atoms with Gasteiger partial charge in [-0.25, -0.2) is 0 Å². The van der Waals surface area contributed by atoms with Gasteiger partial charge >= 0.3 is 0 Å². The second kappa shape index (κ2) is 14.0. The Morgan fingerprint density at radius 2 is 1.49 bits per heavy atom. The molecule has 0 N–H and O–H groups in total. The molecule has 9 rings (SSSR count). The first kappa shape index (κ1) is 34.3. The zero-order valence-corrected chi connectivity index (χ0v) is 31.8. The maximum atomic E-state index is 5.43. The van der Waals surface area contributed by atoms with Crippen LogP contribution in [0.5, 0.6) is 0 Å². The lowest BCUT2D eigenvalue weighted by Gasteiger charge is -2.31. The van der Waals surface area contributed by atoms with E-state index in [-0.39, 0.29) is 5.41 Å². The van der Waals surface area contributed by atoms with E-state index in [2.05, 4.69) is 202 Å². The van der Waals surface area contributed by atoms with Crippen molar-refractivity contribution in [2.45, 2.75) is 39.0 Å². The zero-order chi connectivity index (χ0) is 37.5. The molecule has 55 heavy (non-hydrogen) atoms. The van der Waals surface area contributed by atoms with E-state index in [4.69, 9.17) is 4.99 Å². The molecule has 1 unspecified atom stereocenters. The van der Waals surface area contributed by atoms with E-state index in [9.17, 15) is 0 Å². The van der Waals surface area contributed by atoms with E-state index in [0.717, 1.165) is 35.5 Å². The smallest absolute Gasteiger partial charge is 0.0686 e. The minimum atomic E-state index is -0.373. The van der Waals surface area contributed by atoms with Crippen LogP contribution in [-0.4, -0.2) is 10.3 Å². The number of aromatic nitrogens is 1. The summed E-state index contributed by atoms with van der Waals surface area (Å²) >= 11 is 0. The van der Waals surface area contributed by atoms with Crippen molar-refractivity contribution in [3.63, 3.8) is 0 Å². The summed E-state index contributed by atoms with van der Waals surface area (Å²) in [6.07, 6.45) is 17.4. The fraction of sp³-hybridized carbons (Fsp3) is 0.113. The highest BCUT2D eigenvalue weighted by atomic mass is 15.0. The molecule has 2 heterocycles. The Hall–Kier alpha value is -6.51. The second-order valence-corrected chi connectivity index (χ2v) is 14.8. The number of hydrogen-bond donors (Lipinski definition) is 0. The maximum absolute atomic E-state index is 5.43. The number of nitrogens with zero attached hydrogens (tertiary/aromatic N) is 2. The van der Waals surface area contributed by atoms with Crippen LogP contribution in [0.4, 0.5) is 5.69 Å². The molecule has 1 atom stereocenters. The van der Waals surface area contributed by atoms with Crippen molar-refractivity contribution < 1.29 is 0 Å². The number of rotatable bonds is 8. The first-order valence-electron chi connectivity index (χ1n) is 19.4. The first-order valence-corrected chi connectivity index (χ1v) is 19.4. The van der Waals surface area contributed by atoms with E-state index in [1.807, 2.05) is 6.08 Å². The van der Waals surface area contributed by atoms with Gasteiger partial charge in [0.05, 0.1) is 27.8 Å². The summed E-state index contributed by atoms with van der Waals surface area (Å²) in [6.45, 7) is 10.6. The van der Waals surface area contributed by atoms with Gasteiger partial charge in [-0.05, 0) is 126 Å². The average molecular weight is 709 g/mol. The average Bonchev–Trinajstić information content (AvgIpc) is 3.72. The topological polar surface area (TPSA) is 17.3 Å². The summed E-state index contributed by atoms with van der Waals surface area (Å²) in [5, 5.41) is 2.45. The third-order valence-electron chi connectivity index (χ3n) is 11.5. The lowest BCUT2D eigenvalue weighted by Crippen LogP contribution is -2.32. The molecule has 266 valence electrons. The standard InChI is InChI=1S/C53H44N2/c1-5-17-38(18-6-2)44-32-29-40(33-46(44)43-24-14-13-19-36(43)3)37-27-30-42(31-28-37)55-50-26-16-15-25-45(50)47-34-49-48(35-51(47)55)53(4,41-22-11-8-12-23-41)52(54-49)39-20-9-7-10-21-39/h5-7,9-11,13-35H,1,8,12H2,2-4H3/b18-6-,38-17+. The highest BCUT2D eigenvalue weighted by Crippen LogP contribution is 2.50. The van der Waals surface area contributed by atoms with Crippen LogP contribution in [0.2, 0.25) is 0 Å². The quantitative estimate of drug-likeness (QED) is 0.140. The number of allylic oxidation sites excluding steroid dienone is 9. The van der Waals surface area contributed by atoms with Crippen LogP contribution in [0.3, 0.4) is 0 Å². The van der Waals surface area contributed by atoms with Gasteiger partial charge < -0.3 is 4.57 Å². The summed E-state index contributed by atoms with van der Waals surface area (Å²) in [6, 6.07) is 48.8. The Balaban J connectivity index is 1.19. The van der Waals surface area contributed by atoms with Crippen LogP contribution in [0.1, 0.15) is 48.9 Å². The maximum Gasteiger partial charge on any atom is 0.0686 e. The third kappa shape index (κ3) is 5.77. The van der Waals surface area contributed by atoms with E-state index >= 15 is 0 Å². The molecule has 2 heteroatoms. The number of benzene rings is 6. The molecule has 0 saturated heterocycles. The summed E-state index contributed by atoms with van der Waals surface area (Å²) in [7, 11) is 0. The van der Waals surface area contributed by atoms with Crippen molar-refractivity contribution in [1.82, 2.24) is 4.57 Å². The van der Waals surface area contributed by atoms with Gasteiger partial charge in [0.25, 0.3) is 0 Å². The Bertz CT molecular complexity index is 2780. The SMILES string of the molecule is C=C/C=C(\C=C/C)c1ccc(-c2ccc(-n3c4ccccc4c4cc5c(cc43)C(C)(C3=CCCC=C3)C(c3ccccc3)=N5)cc2)cc1-c1ccccc1C. The summed E-state index contributed by atoms with van der Waals surface area (Å²) in [4.78, 5) is 5.43. The van der Waals surface area contributed by atoms with Crippen LogP contribution in [0.15, 0.2) is 193 Å². The minimum absolute atomic E-state index is 0.373. The number of aryl methyl sites for hydroxylation is 1. The molecule has 0 spiro atoms. The van der Waals surface area contributed by atoms with Gasteiger partial charge in [0.1, 0.15) is 0 Å². The van der Waals surface area contributed by atoms with Gasteiger partial charge in [-0.1, -0.05) is 146 Å². The third-order valence-corrected chi connectivity index (χ3v) is 11.5. The molecule has 0 saturated carbocycles. The predicted octanol–water partition coefficient (Wildman–Crippen LogP) is 14.2. The first-order chi connectivity index (χ1) is 27.0. The lowest BCUT2D eigenvalue weighted by molar-refractivity contribution is 0.775. The molecule has 0 amide bonds. The van der Waals surface area contributed by atoms with Crippen LogP contribution in [-0.2, 0) is 5.41 Å². The Morgan fingerprint density at radius 3 is 2.25 bits per heavy atom. The fourth-order valence-electron chi connectivity index (χ4n) is 8.78. The van der Waals surface area contributed by atoms with Crippen molar-refractivity contribution in [3.05, 3.63) is 210 Å². The predicted molar refractivity (Wildman–Crippen MR) is 236 cm³/mol. The van der Waals surface area contributed by atoms with E-state index < -0.39 is 0 Å². The second-order valence-electron chi connectivity index (χ2n) is 14.8. The number of fused-ring (bicyclic) bond motifs is 4. The molecule has 0 bridgehead atoms. The van der Waals surface area contributed by atoms with Crippen molar-refractivity contribution in [3.8, 4) is 27.9 Å². The van der Waals surface area contributed by atoms with Crippen molar-refractivity contribution in [2.75, 3.05) is 0 Å². The van der Waals surface area contributed by atoms with Crippen molar-refractivity contribution in [1.29, 1.82) is 0 Å². The minimum Gasteiger partial charge on any atom is -0.309 e. The molecular formula is C53H44N2. The molecule has 2 aliphatic rings. The summed E-state index contributed by atoms with van der Waals surface area (Å²) < 4.78 is 2.44. The van der Waals surface area contributed by atoms with Gasteiger partial charge in [-0.2, -0.15) is 0 Å². The number of para-hydroxylation sites is 1. The molecule has 7 aromatic rings. The summed E-state index contributed by atoms with van der Waals surface area (Å²) in [5.41, 5.74) is 17.5. The number of hydrogen-bond acceptors (Lipinski definition) is 1. The molecule has 6 aromatic carbocycles. The molecule has 1 aliphatic carbocycles. The van der Waals surface area contributed by atoms with E-state index in [0.29, 0.717) is 0 Å². The molecule has 0 fully saturated rings. The van der Waals surface area contributed by atoms with Gasteiger partial charge in [0, 0.05) is 16.5 Å². The largest absolute Gasteiger partial charge is 0.309 e. The highest BCUT2D eigenvalue weighted by Gasteiger charge is 2.43. The van der Waals surface area contributed by atoms with Gasteiger partial charge in [-0.3, -0.25) is 4.99 Å². The molecule has 0 radical (unpaired) electrons. The normalized spacial score (nSPS) is 16.8. The van der Waals surface area contributed by atoms with Gasteiger partial charge in [-0.15, -0.1) is 0 Å². The Morgan fingerprint density at radius 1 is 0.727 bits per heavy atom. The zero-order valence-electron chi connectivity index (χ0n) is 31.8. The monoisotopic (exact) mass is 708 g/mol. The number of aliphatic imine (C=N–C) groups is 1. The van der Waals surface area contributed by atoms with Crippen molar-refractivity contribution in [2.24, 2.45) is 4.99 Å². The van der Waals surface area contributed by atoms with Crippen LogP contribution in [0, 0.1) is 6.92 Å². The lowest BCUT2D eigenvalue weighted by atomic mass is 9.70. The van der Waals surface area contributed by atoms with Crippen LogP contribution >= 0.6 is 0 Å². The molecular weight excluding hydrogens is 665 g/mol. The fourth-order valence-corrected chi connectivity index (χ4v) is 8.78. The molecule has 1 aromatic heterocycles. The highest BCUT2D eigenvalue weighted by molar-refractivity contribution is 6.18. The van der Waals surface area contributed by atoms with E-state index in [1.54, 1.807) is 0 Å². The van der Waals surface area contributed by atoms with Crippen LogP contribution < -0.4 is 0 Å². The van der Waals surface area contributed by atoms with E-state index in [1.165, 1.54) is 71.9 Å². The Kier molecular flexibility index (Phi) is 8.75. The van der Waals surface area contributed by atoms with Gasteiger partial charge in [0.2, 0.25) is 0 Å². The summed E-state index contributed by atoms with van der Waals surface area (Å²) in [5.74, 6) is 0. The molecule has 1 aliphatic heterocycles. The molecule has 2 nitrogen and oxygen atoms in total. The Labute approximate surface area is 324 Å².